The minimum Gasteiger partial charge on any atom is -0.385 e. The van der Waals surface area contributed by atoms with Crippen molar-refractivity contribution in [2.24, 2.45) is 0 Å². The number of alkyl halides is 3. The third-order valence-electron chi connectivity index (χ3n) is 4.08. The van der Waals surface area contributed by atoms with Crippen molar-refractivity contribution in [2.45, 2.75) is 31.0 Å². The summed E-state index contributed by atoms with van der Waals surface area (Å²) < 4.78 is 38.8. The van der Waals surface area contributed by atoms with Crippen LogP contribution in [0, 0.1) is 0 Å². The van der Waals surface area contributed by atoms with Crippen molar-refractivity contribution in [2.75, 3.05) is 18.8 Å². The largest absolute Gasteiger partial charge is 0.417 e. The predicted octanol–water partition coefficient (Wildman–Crippen LogP) is 3.49. The monoisotopic (exact) mass is 367 g/mol. The molecular formula is C15H17ClF3NO2S. The van der Waals surface area contributed by atoms with Crippen molar-refractivity contribution in [3.05, 3.63) is 34.3 Å². The molecule has 1 fully saturated rings. The predicted molar refractivity (Wildman–Crippen MR) is 84.6 cm³/mol. The molecule has 0 aromatic heterocycles. The van der Waals surface area contributed by atoms with Crippen molar-refractivity contribution < 1.29 is 23.1 Å². The average molecular weight is 368 g/mol. The number of halogens is 4. The van der Waals surface area contributed by atoms with Gasteiger partial charge in [0.05, 0.1) is 16.2 Å². The molecule has 1 aliphatic heterocycles. The molecule has 0 radical (unpaired) electrons. The molecular weight excluding hydrogens is 351 g/mol. The molecule has 128 valence electrons. The number of thiol groups is 1. The quantitative estimate of drug-likeness (QED) is 0.803. The Kier molecular flexibility index (Phi) is 5.53. The number of hydrogen-bond donors (Lipinski definition) is 2. The lowest BCUT2D eigenvalue weighted by molar-refractivity contribution is -0.137. The SMILES string of the molecule is O=C(CCS)N1CCC(O)(c2ccc(Cl)c(C(F)(F)F)c2)CC1. The van der Waals surface area contributed by atoms with Gasteiger partial charge in [-0.2, -0.15) is 25.8 Å². The summed E-state index contributed by atoms with van der Waals surface area (Å²) >= 11 is 9.61. The van der Waals surface area contributed by atoms with E-state index >= 15 is 0 Å². The minimum atomic E-state index is -4.58. The van der Waals surface area contributed by atoms with E-state index in [2.05, 4.69) is 12.6 Å². The van der Waals surface area contributed by atoms with E-state index in [0.29, 0.717) is 25.3 Å². The maximum atomic E-state index is 12.9. The van der Waals surface area contributed by atoms with Crippen molar-refractivity contribution in [1.29, 1.82) is 0 Å². The second kappa shape index (κ2) is 6.91. The number of hydrogen-bond acceptors (Lipinski definition) is 3. The van der Waals surface area contributed by atoms with Gasteiger partial charge in [0.2, 0.25) is 5.91 Å². The Morgan fingerprint density at radius 3 is 2.48 bits per heavy atom. The van der Waals surface area contributed by atoms with Gasteiger partial charge in [-0.05, 0) is 36.3 Å². The Labute approximate surface area is 142 Å². The van der Waals surface area contributed by atoms with Gasteiger partial charge in [0.1, 0.15) is 0 Å². The highest BCUT2D eigenvalue weighted by atomic mass is 35.5. The number of carbonyl (C=O) groups is 1. The highest BCUT2D eigenvalue weighted by molar-refractivity contribution is 7.80. The van der Waals surface area contributed by atoms with Crippen LogP contribution in [-0.2, 0) is 16.6 Å². The second-order valence-corrected chi connectivity index (χ2v) is 6.43. The highest BCUT2D eigenvalue weighted by Gasteiger charge is 2.39. The first-order valence-electron chi connectivity index (χ1n) is 7.15. The van der Waals surface area contributed by atoms with Gasteiger partial charge >= 0.3 is 6.18 Å². The molecule has 0 saturated carbocycles. The summed E-state index contributed by atoms with van der Waals surface area (Å²) in [5.41, 5.74) is -2.17. The lowest BCUT2D eigenvalue weighted by Crippen LogP contribution is -2.45. The van der Waals surface area contributed by atoms with E-state index in [1.807, 2.05) is 0 Å². The van der Waals surface area contributed by atoms with E-state index in [4.69, 9.17) is 11.6 Å². The Hall–Kier alpha value is -0.920. The average Bonchev–Trinajstić information content (AvgIpc) is 2.47. The zero-order chi connectivity index (χ0) is 17.3. The number of amides is 1. The first-order chi connectivity index (χ1) is 10.7. The maximum Gasteiger partial charge on any atom is 0.417 e. The van der Waals surface area contributed by atoms with Crippen molar-refractivity contribution in [3.63, 3.8) is 0 Å². The summed E-state index contributed by atoms with van der Waals surface area (Å²) in [6, 6.07) is 3.45. The number of benzene rings is 1. The smallest absolute Gasteiger partial charge is 0.385 e. The van der Waals surface area contributed by atoms with E-state index < -0.39 is 22.4 Å². The molecule has 0 unspecified atom stereocenters. The third-order valence-corrected chi connectivity index (χ3v) is 4.63. The van der Waals surface area contributed by atoms with Crippen LogP contribution in [0.2, 0.25) is 5.02 Å². The molecule has 1 amide bonds. The molecule has 23 heavy (non-hydrogen) atoms. The third kappa shape index (κ3) is 4.14. The Balaban J connectivity index is 2.18. The molecule has 1 aliphatic rings. The Morgan fingerprint density at radius 2 is 1.96 bits per heavy atom. The first kappa shape index (κ1) is 18.4. The first-order valence-corrected chi connectivity index (χ1v) is 8.17. The maximum absolute atomic E-state index is 12.9. The fourth-order valence-corrected chi connectivity index (χ4v) is 3.12. The summed E-state index contributed by atoms with van der Waals surface area (Å²) in [5, 5.41) is 10.3. The molecule has 8 heteroatoms. The molecule has 0 aliphatic carbocycles. The van der Waals surface area contributed by atoms with Gasteiger partial charge in [-0.1, -0.05) is 17.7 Å². The number of likely N-dealkylation sites (tertiary alicyclic amines) is 1. The van der Waals surface area contributed by atoms with Gasteiger partial charge in [-0.3, -0.25) is 4.79 Å². The van der Waals surface area contributed by atoms with E-state index in [9.17, 15) is 23.1 Å². The van der Waals surface area contributed by atoms with Crippen LogP contribution in [-0.4, -0.2) is 34.8 Å². The topological polar surface area (TPSA) is 40.5 Å². The number of aliphatic hydroxyl groups is 1. The van der Waals surface area contributed by atoms with Gasteiger partial charge in [0.15, 0.2) is 0 Å². The van der Waals surface area contributed by atoms with E-state index in [0.717, 1.165) is 12.1 Å². The number of piperidine rings is 1. The Bertz CT molecular complexity index is 587. The van der Waals surface area contributed by atoms with Crippen LogP contribution in [0.15, 0.2) is 18.2 Å². The standard InChI is InChI=1S/C15H17ClF3NO2S/c16-12-2-1-10(9-11(12)15(17,18)19)14(22)4-6-20(7-5-14)13(21)3-8-23/h1-2,9,22-23H,3-8H2. The van der Waals surface area contributed by atoms with Crippen molar-refractivity contribution >= 4 is 30.1 Å². The molecule has 1 saturated heterocycles. The summed E-state index contributed by atoms with van der Waals surface area (Å²) in [4.78, 5) is 13.4. The van der Waals surface area contributed by atoms with Gasteiger partial charge in [-0.25, -0.2) is 0 Å². The van der Waals surface area contributed by atoms with Crippen LogP contribution >= 0.6 is 24.2 Å². The van der Waals surface area contributed by atoms with Crippen LogP contribution in [0.4, 0.5) is 13.2 Å². The van der Waals surface area contributed by atoms with Gasteiger partial charge in [-0.15, -0.1) is 0 Å². The van der Waals surface area contributed by atoms with E-state index in [1.165, 1.54) is 6.07 Å². The molecule has 0 bridgehead atoms. The fraction of sp³-hybridized carbons (Fsp3) is 0.533. The van der Waals surface area contributed by atoms with E-state index in [-0.39, 0.29) is 24.3 Å². The molecule has 1 aromatic carbocycles. The molecule has 1 heterocycles. The fourth-order valence-electron chi connectivity index (χ4n) is 2.70. The van der Waals surface area contributed by atoms with Crippen LogP contribution in [0.1, 0.15) is 30.4 Å². The molecule has 3 nitrogen and oxygen atoms in total. The number of rotatable bonds is 3. The zero-order valence-electron chi connectivity index (χ0n) is 12.2. The summed E-state index contributed by atoms with van der Waals surface area (Å²) in [6.07, 6.45) is -3.90. The Morgan fingerprint density at radius 1 is 1.35 bits per heavy atom. The minimum absolute atomic E-state index is 0.0610. The number of carbonyl (C=O) groups excluding carboxylic acids is 1. The van der Waals surface area contributed by atoms with Crippen LogP contribution in [0.25, 0.3) is 0 Å². The molecule has 1 aromatic rings. The van der Waals surface area contributed by atoms with Crippen LogP contribution in [0.5, 0.6) is 0 Å². The molecule has 1 N–H and O–H groups in total. The molecule has 0 spiro atoms. The second-order valence-electron chi connectivity index (χ2n) is 5.58. The van der Waals surface area contributed by atoms with E-state index in [1.54, 1.807) is 4.90 Å². The summed E-state index contributed by atoms with van der Waals surface area (Å²) in [7, 11) is 0. The molecule has 2 rings (SSSR count). The van der Waals surface area contributed by atoms with Gasteiger partial charge < -0.3 is 10.0 Å². The van der Waals surface area contributed by atoms with Crippen LogP contribution < -0.4 is 0 Å². The van der Waals surface area contributed by atoms with Crippen molar-refractivity contribution in [1.82, 2.24) is 4.90 Å². The van der Waals surface area contributed by atoms with Crippen LogP contribution in [0.3, 0.4) is 0 Å². The normalized spacial score (nSPS) is 18.1. The summed E-state index contributed by atoms with van der Waals surface area (Å²) in [6.45, 7) is 0.597. The highest BCUT2D eigenvalue weighted by Crippen LogP contribution is 2.39. The summed E-state index contributed by atoms with van der Waals surface area (Å²) in [5.74, 6) is 0.375. The number of nitrogens with zero attached hydrogens (tertiary/aromatic N) is 1. The lowest BCUT2D eigenvalue weighted by Gasteiger charge is -2.38. The zero-order valence-corrected chi connectivity index (χ0v) is 13.9. The van der Waals surface area contributed by atoms with Gasteiger partial charge in [0.25, 0.3) is 0 Å². The lowest BCUT2D eigenvalue weighted by atomic mass is 9.83. The van der Waals surface area contributed by atoms with Gasteiger partial charge in [0, 0.05) is 19.5 Å². The molecule has 0 atom stereocenters. The van der Waals surface area contributed by atoms with Crippen molar-refractivity contribution in [3.8, 4) is 0 Å².